The van der Waals surface area contributed by atoms with E-state index in [2.05, 4.69) is 73.1 Å². The van der Waals surface area contributed by atoms with Gasteiger partial charge in [-0.3, -0.25) is 0 Å². The van der Waals surface area contributed by atoms with Crippen LogP contribution in [0.25, 0.3) is 5.69 Å². The molecule has 0 atom stereocenters. The van der Waals surface area contributed by atoms with Gasteiger partial charge < -0.3 is 0 Å². The van der Waals surface area contributed by atoms with E-state index in [1.165, 1.54) is 15.7 Å². The van der Waals surface area contributed by atoms with E-state index in [9.17, 15) is 0 Å². The van der Waals surface area contributed by atoms with Crippen molar-refractivity contribution in [2.24, 2.45) is 0 Å². The summed E-state index contributed by atoms with van der Waals surface area (Å²) in [6.07, 6.45) is 0. The Kier molecular flexibility index (Phi) is 4.23. The molecule has 0 spiro atoms. The van der Waals surface area contributed by atoms with Gasteiger partial charge in [0.05, 0.1) is 0 Å². The van der Waals surface area contributed by atoms with Gasteiger partial charge in [0.1, 0.15) is 0 Å². The van der Waals surface area contributed by atoms with Gasteiger partial charge in [-0.1, -0.05) is 0 Å². The zero-order chi connectivity index (χ0) is 14.7. The molecule has 0 amide bonds. The fraction of sp³-hybridized carbons (Fsp3) is 0.167. The summed E-state index contributed by atoms with van der Waals surface area (Å²) < 4.78 is 3.49. The molecular weight excluding hydrogens is 323 g/mol. The molecule has 0 N–H and O–H groups in total. The maximum atomic E-state index is 4.72. The van der Waals surface area contributed by atoms with Gasteiger partial charge in [-0.05, 0) is 0 Å². The molecule has 106 valence electrons. The van der Waals surface area contributed by atoms with E-state index in [0.29, 0.717) is 15.0 Å². The van der Waals surface area contributed by atoms with E-state index >= 15 is 0 Å². The first-order valence-electron chi connectivity index (χ1n) is 7.04. The predicted octanol–water partition coefficient (Wildman–Crippen LogP) is 3.02. The fourth-order valence-electron chi connectivity index (χ4n) is 2.39. The number of aryl methyl sites for hydroxylation is 1. The van der Waals surface area contributed by atoms with Crippen molar-refractivity contribution in [3.05, 3.63) is 77.6 Å². The van der Waals surface area contributed by atoms with Crippen LogP contribution in [0, 0.1) is 13.8 Å². The molecule has 0 aliphatic heterocycles. The number of aromatic nitrogens is 2. The van der Waals surface area contributed by atoms with E-state index in [4.69, 9.17) is 5.10 Å². The zero-order valence-electron chi connectivity index (χ0n) is 12.3. The van der Waals surface area contributed by atoms with Crippen LogP contribution < -0.4 is 4.46 Å². The molecule has 21 heavy (non-hydrogen) atoms. The SMILES string of the molecule is Cc1nn(-c2ccccc2)c(C)c1[Se]Cc1ccccc1. The topological polar surface area (TPSA) is 17.8 Å². The third-order valence-electron chi connectivity index (χ3n) is 3.45. The number of nitrogens with zero attached hydrogens (tertiary/aromatic N) is 2. The van der Waals surface area contributed by atoms with Crippen LogP contribution in [0.2, 0.25) is 0 Å². The molecule has 2 aromatic carbocycles. The van der Waals surface area contributed by atoms with Crippen LogP contribution in [0.5, 0.6) is 0 Å². The zero-order valence-corrected chi connectivity index (χ0v) is 14.0. The normalized spacial score (nSPS) is 10.8. The molecule has 0 unspecified atom stereocenters. The van der Waals surface area contributed by atoms with E-state index in [0.717, 1.165) is 16.7 Å². The third-order valence-corrected chi connectivity index (χ3v) is 6.30. The first-order valence-corrected chi connectivity index (χ1v) is 9.11. The summed E-state index contributed by atoms with van der Waals surface area (Å²) in [5.41, 5.74) is 4.98. The second kappa shape index (κ2) is 6.30. The van der Waals surface area contributed by atoms with E-state index in [1.54, 1.807) is 0 Å². The first-order chi connectivity index (χ1) is 10.3. The maximum absolute atomic E-state index is 4.72. The van der Waals surface area contributed by atoms with Gasteiger partial charge in [-0.25, -0.2) is 0 Å². The summed E-state index contributed by atoms with van der Waals surface area (Å²) in [5, 5.41) is 5.85. The van der Waals surface area contributed by atoms with Gasteiger partial charge >= 0.3 is 132 Å². The van der Waals surface area contributed by atoms with Crippen LogP contribution >= 0.6 is 0 Å². The molecule has 0 aliphatic carbocycles. The number of rotatable bonds is 4. The second-order valence-electron chi connectivity index (χ2n) is 5.02. The molecule has 0 radical (unpaired) electrons. The van der Waals surface area contributed by atoms with Gasteiger partial charge in [0.2, 0.25) is 0 Å². The molecule has 0 saturated heterocycles. The van der Waals surface area contributed by atoms with Crippen LogP contribution in [0.1, 0.15) is 17.0 Å². The first kappa shape index (κ1) is 14.1. The molecular formula is C18H18N2Se. The van der Waals surface area contributed by atoms with Gasteiger partial charge in [-0.15, -0.1) is 0 Å². The van der Waals surface area contributed by atoms with Crippen LogP contribution in [-0.4, -0.2) is 24.7 Å². The van der Waals surface area contributed by atoms with Crippen molar-refractivity contribution in [1.29, 1.82) is 0 Å². The molecule has 1 heterocycles. The number of para-hydroxylation sites is 1. The number of hydrogen-bond acceptors (Lipinski definition) is 1. The summed E-state index contributed by atoms with van der Waals surface area (Å²) in [6.45, 7) is 4.30. The Labute approximate surface area is 132 Å². The van der Waals surface area contributed by atoms with Crippen molar-refractivity contribution in [2.75, 3.05) is 0 Å². The van der Waals surface area contributed by atoms with Gasteiger partial charge in [0.15, 0.2) is 0 Å². The molecule has 3 aromatic rings. The van der Waals surface area contributed by atoms with Crippen molar-refractivity contribution in [3.8, 4) is 5.69 Å². The van der Waals surface area contributed by atoms with Crippen molar-refractivity contribution in [1.82, 2.24) is 9.78 Å². The van der Waals surface area contributed by atoms with Crippen molar-refractivity contribution in [2.45, 2.75) is 19.2 Å². The Balaban J connectivity index is 1.85. The Morgan fingerprint density at radius 1 is 0.905 bits per heavy atom. The van der Waals surface area contributed by atoms with E-state index in [1.807, 2.05) is 6.07 Å². The molecule has 3 rings (SSSR count). The summed E-state index contributed by atoms with van der Waals surface area (Å²) in [7, 11) is 0. The summed E-state index contributed by atoms with van der Waals surface area (Å²) in [6, 6.07) is 21.1. The Bertz CT molecular complexity index is 718. The fourth-order valence-corrected chi connectivity index (χ4v) is 4.59. The standard InChI is InChI=1S/C18H18N2Se/c1-14-18(21-13-16-9-5-3-6-10-16)15(2)20(19-14)17-11-7-4-8-12-17/h3-12H,13H2,1-2H3. The minimum absolute atomic E-state index is 0.419. The van der Waals surface area contributed by atoms with Crippen LogP contribution in [-0.2, 0) is 5.32 Å². The van der Waals surface area contributed by atoms with Crippen molar-refractivity contribution in [3.63, 3.8) is 0 Å². The van der Waals surface area contributed by atoms with E-state index in [-0.39, 0.29) is 0 Å². The second-order valence-corrected chi connectivity index (χ2v) is 7.09. The quantitative estimate of drug-likeness (QED) is 0.667. The predicted molar refractivity (Wildman–Crippen MR) is 88.6 cm³/mol. The summed E-state index contributed by atoms with van der Waals surface area (Å²) >= 11 is 0.419. The van der Waals surface area contributed by atoms with Crippen LogP contribution in [0.15, 0.2) is 60.7 Å². The van der Waals surface area contributed by atoms with Gasteiger partial charge in [0.25, 0.3) is 0 Å². The summed E-state index contributed by atoms with van der Waals surface area (Å²) in [4.78, 5) is 0. The Morgan fingerprint density at radius 2 is 1.52 bits per heavy atom. The Hall–Kier alpha value is -1.83. The molecule has 3 heteroatoms. The average molecular weight is 341 g/mol. The molecule has 0 saturated carbocycles. The molecule has 0 bridgehead atoms. The molecule has 0 fully saturated rings. The molecule has 1 aromatic heterocycles. The van der Waals surface area contributed by atoms with Gasteiger partial charge in [-0.2, -0.15) is 0 Å². The third kappa shape index (κ3) is 3.10. The van der Waals surface area contributed by atoms with Crippen molar-refractivity contribution >= 4 is 19.4 Å². The Morgan fingerprint density at radius 3 is 2.19 bits per heavy atom. The monoisotopic (exact) mass is 342 g/mol. The molecule has 0 aliphatic rings. The van der Waals surface area contributed by atoms with Crippen LogP contribution in [0.3, 0.4) is 0 Å². The number of hydrogen-bond donors (Lipinski definition) is 0. The number of benzene rings is 2. The van der Waals surface area contributed by atoms with Gasteiger partial charge in [0, 0.05) is 0 Å². The molecule has 2 nitrogen and oxygen atoms in total. The average Bonchev–Trinajstić information content (AvgIpc) is 2.82. The van der Waals surface area contributed by atoms with E-state index < -0.39 is 0 Å². The van der Waals surface area contributed by atoms with Crippen molar-refractivity contribution < 1.29 is 0 Å². The minimum atomic E-state index is 0.419. The van der Waals surface area contributed by atoms with Crippen LogP contribution in [0.4, 0.5) is 0 Å². The summed E-state index contributed by atoms with van der Waals surface area (Å²) in [5.74, 6) is 0.